The number of nitrogens with two attached hydrogens (primary N) is 1. The van der Waals surface area contributed by atoms with Crippen LogP contribution in [0, 0.1) is 0 Å². The predicted octanol–water partition coefficient (Wildman–Crippen LogP) is 0.966. The van der Waals surface area contributed by atoms with Gasteiger partial charge in [-0.05, 0) is 12.8 Å². The molecule has 2 heterocycles. The van der Waals surface area contributed by atoms with E-state index in [0.29, 0.717) is 13.1 Å². The molecule has 1 aromatic heterocycles. The predicted molar refractivity (Wildman–Crippen MR) is 57.8 cm³/mol. The third-order valence-corrected chi connectivity index (χ3v) is 2.77. The molecular formula is C10H14F2N4O. The SMILES string of the molecule is Nc1cnn(CC(F)F)c1C(=O)N1CCCC1. The van der Waals surface area contributed by atoms with Gasteiger partial charge in [0.1, 0.15) is 12.2 Å². The quantitative estimate of drug-likeness (QED) is 0.861. The minimum absolute atomic E-state index is 0.0761. The Balaban J connectivity index is 2.23. The Morgan fingerprint density at radius 1 is 1.47 bits per heavy atom. The second-order valence-corrected chi connectivity index (χ2v) is 4.02. The van der Waals surface area contributed by atoms with Gasteiger partial charge in [0, 0.05) is 13.1 Å². The molecule has 0 spiro atoms. The van der Waals surface area contributed by atoms with Crippen molar-refractivity contribution in [2.45, 2.75) is 25.8 Å². The van der Waals surface area contributed by atoms with Crippen molar-refractivity contribution in [2.24, 2.45) is 0 Å². The van der Waals surface area contributed by atoms with Crippen molar-refractivity contribution in [1.29, 1.82) is 0 Å². The van der Waals surface area contributed by atoms with Gasteiger partial charge in [0.2, 0.25) is 0 Å². The van der Waals surface area contributed by atoms with Crippen LogP contribution in [0.5, 0.6) is 0 Å². The van der Waals surface area contributed by atoms with Crippen molar-refractivity contribution in [3.63, 3.8) is 0 Å². The van der Waals surface area contributed by atoms with Gasteiger partial charge in [0.05, 0.1) is 11.9 Å². The zero-order valence-electron chi connectivity index (χ0n) is 9.27. The summed E-state index contributed by atoms with van der Waals surface area (Å²) in [5.41, 5.74) is 5.84. The molecule has 2 rings (SSSR count). The maximum atomic E-state index is 12.3. The number of aromatic nitrogens is 2. The van der Waals surface area contributed by atoms with E-state index < -0.39 is 13.0 Å². The van der Waals surface area contributed by atoms with Crippen LogP contribution in [0.1, 0.15) is 23.3 Å². The van der Waals surface area contributed by atoms with E-state index in [2.05, 4.69) is 5.10 Å². The first kappa shape index (κ1) is 11.8. The van der Waals surface area contributed by atoms with Crippen molar-refractivity contribution < 1.29 is 13.6 Å². The summed E-state index contributed by atoms with van der Waals surface area (Å²) in [5.74, 6) is -0.307. The van der Waals surface area contributed by atoms with Crippen LogP contribution < -0.4 is 5.73 Å². The topological polar surface area (TPSA) is 64.1 Å². The fourth-order valence-corrected chi connectivity index (χ4v) is 1.97. The Morgan fingerprint density at radius 2 is 2.12 bits per heavy atom. The molecule has 0 unspecified atom stereocenters. The number of rotatable bonds is 3. The van der Waals surface area contributed by atoms with Crippen LogP contribution in [-0.4, -0.2) is 40.1 Å². The molecule has 0 aliphatic carbocycles. The molecule has 1 aliphatic heterocycles. The normalized spacial score (nSPS) is 15.8. The number of carbonyl (C=O) groups excluding carboxylic acids is 1. The molecule has 2 N–H and O–H groups in total. The molecule has 94 valence electrons. The van der Waals surface area contributed by atoms with Gasteiger partial charge in [0.15, 0.2) is 0 Å². The Labute approximate surface area is 97.2 Å². The summed E-state index contributed by atoms with van der Waals surface area (Å²) < 4.78 is 25.6. The molecule has 5 nitrogen and oxygen atoms in total. The molecule has 1 aromatic rings. The third kappa shape index (κ3) is 2.37. The van der Waals surface area contributed by atoms with Crippen molar-refractivity contribution in [3.8, 4) is 0 Å². The zero-order chi connectivity index (χ0) is 12.4. The summed E-state index contributed by atoms with van der Waals surface area (Å²) in [5, 5.41) is 3.71. The zero-order valence-corrected chi connectivity index (χ0v) is 9.27. The third-order valence-electron chi connectivity index (χ3n) is 2.77. The number of likely N-dealkylation sites (tertiary alicyclic amines) is 1. The van der Waals surface area contributed by atoms with E-state index in [4.69, 9.17) is 5.73 Å². The van der Waals surface area contributed by atoms with Crippen LogP contribution in [0.25, 0.3) is 0 Å². The van der Waals surface area contributed by atoms with Gasteiger partial charge < -0.3 is 10.6 Å². The van der Waals surface area contributed by atoms with Crippen LogP contribution in [-0.2, 0) is 6.54 Å². The molecule has 0 bridgehead atoms. The van der Waals surface area contributed by atoms with E-state index in [0.717, 1.165) is 17.5 Å². The minimum atomic E-state index is -2.56. The van der Waals surface area contributed by atoms with Crippen molar-refractivity contribution in [1.82, 2.24) is 14.7 Å². The monoisotopic (exact) mass is 244 g/mol. The van der Waals surface area contributed by atoms with Gasteiger partial charge in [-0.2, -0.15) is 5.10 Å². The summed E-state index contributed by atoms with van der Waals surface area (Å²) in [6.45, 7) is 0.697. The Hall–Kier alpha value is -1.66. The Morgan fingerprint density at radius 3 is 2.71 bits per heavy atom. The second-order valence-electron chi connectivity index (χ2n) is 4.02. The lowest BCUT2D eigenvalue weighted by Gasteiger charge is -2.16. The lowest BCUT2D eigenvalue weighted by molar-refractivity contribution is 0.0767. The van der Waals surface area contributed by atoms with Gasteiger partial charge in [-0.25, -0.2) is 8.78 Å². The number of amides is 1. The van der Waals surface area contributed by atoms with Crippen molar-refractivity contribution in [3.05, 3.63) is 11.9 Å². The van der Waals surface area contributed by atoms with Crippen molar-refractivity contribution in [2.75, 3.05) is 18.8 Å². The standard InChI is InChI=1S/C10H14F2N4O/c11-8(12)6-16-9(7(13)5-14-16)10(17)15-3-1-2-4-15/h5,8H,1-4,6,13H2. The van der Waals surface area contributed by atoms with Gasteiger partial charge in [-0.3, -0.25) is 9.48 Å². The van der Waals surface area contributed by atoms with Gasteiger partial charge >= 0.3 is 0 Å². The van der Waals surface area contributed by atoms with Crippen LogP contribution in [0.4, 0.5) is 14.5 Å². The largest absolute Gasteiger partial charge is 0.396 e. The number of alkyl halides is 2. The summed E-state index contributed by atoms with van der Waals surface area (Å²) in [6, 6.07) is 0. The fourth-order valence-electron chi connectivity index (χ4n) is 1.97. The summed E-state index contributed by atoms with van der Waals surface area (Å²) in [6.07, 6.45) is 0.564. The maximum absolute atomic E-state index is 12.3. The molecule has 1 amide bonds. The average Bonchev–Trinajstić information content (AvgIpc) is 2.87. The number of anilines is 1. The van der Waals surface area contributed by atoms with Crippen molar-refractivity contribution >= 4 is 11.6 Å². The summed E-state index contributed by atoms with van der Waals surface area (Å²) in [4.78, 5) is 13.7. The summed E-state index contributed by atoms with van der Waals surface area (Å²) >= 11 is 0. The van der Waals surface area contributed by atoms with Gasteiger partial charge in [0.25, 0.3) is 12.3 Å². The lowest BCUT2D eigenvalue weighted by Crippen LogP contribution is -2.31. The van der Waals surface area contributed by atoms with E-state index in [1.807, 2.05) is 0 Å². The first-order valence-electron chi connectivity index (χ1n) is 5.48. The first-order chi connectivity index (χ1) is 8.09. The molecule has 0 aromatic carbocycles. The van der Waals surface area contributed by atoms with Crippen LogP contribution in [0.15, 0.2) is 6.20 Å². The van der Waals surface area contributed by atoms with E-state index >= 15 is 0 Å². The average molecular weight is 244 g/mol. The van der Waals surface area contributed by atoms with Gasteiger partial charge in [-0.15, -0.1) is 0 Å². The Bertz CT molecular complexity index is 412. The number of hydrogen-bond donors (Lipinski definition) is 1. The molecule has 1 fully saturated rings. The summed E-state index contributed by atoms with van der Waals surface area (Å²) in [7, 11) is 0. The molecule has 17 heavy (non-hydrogen) atoms. The van der Waals surface area contributed by atoms with E-state index in [1.54, 1.807) is 4.90 Å². The maximum Gasteiger partial charge on any atom is 0.274 e. The van der Waals surface area contributed by atoms with E-state index in [-0.39, 0.29) is 17.3 Å². The lowest BCUT2D eigenvalue weighted by atomic mass is 10.3. The van der Waals surface area contributed by atoms with E-state index in [9.17, 15) is 13.6 Å². The molecule has 7 heteroatoms. The smallest absolute Gasteiger partial charge is 0.274 e. The molecule has 0 atom stereocenters. The molecule has 1 aliphatic rings. The number of nitrogen functional groups attached to an aromatic ring is 1. The molecule has 0 radical (unpaired) electrons. The van der Waals surface area contributed by atoms with E-state index in [1.165, 1.54) is 6.20 Å². The fraction of sp³-hybridized carbons (Fsp3) is 0.600. The van der Waals surface area contributed by atoms with Crippen LogP contribution >= 0.6 is 0 Å². The highest BCUT2D eigenvalue weighted by atomic mass is 19.3. The molecule has 0 saturated carbocycles. The highest BCUT2D eigenvalue weighted by Gasteiger charge is 2.25. The number of nitrogens with zero attached hydrogens (tertiary/aromatic N) is 3. The minimum Gasteiger partial charge on any atom is -0.396 e. The number of carbonyl (C=O) groups is 1. The second kappa shape index (κ2) is 4.68. The number of halogens is 2. The molecular weight excluding hydrogens is 230 g/mol. The number of hydrogen-bond acceptors (Lipinski definition) is 3. The van der Waals surface area contributed by atoms with Crippen LogP contribution in [0.2, 0.25) is 0 Å². The highest BCUT2D eigenvalue weighted by Crippen LogP contribution is 2.18. The van der Waals surface area contributed by atoms with Gasteiger partial charge in [-0.1, -0.05) is 0 Å². The molecule has 1 saturated heterocycles. The first-order valence-corrected chi connectivity index (χ1v) is 5.48. The Kier molecular flexibility index (Phi) is 3.26. The highest BCUT2D eigenvalue weighted by molar-refractivity contribution is 5.97. The van der Waals surface area contributed by atoms with Crippen LogP contribution in [0.3, 0.4) is 0 Å².